The van der Waals surface area contributed by atoms with E-state index in [9.17, 15) is 13.6 Å². The van der Waals surface area contributed by atoms with Crippen molar-refractivity contribution in [2.45, 2.75) is 10.9 Å². The molecule has 0 saturated carbocycles. The summed E-state index contributed by atoms with van der Waals surface area (Å²) in [5.41, 5.74) is 0.815. The number of hydrogen-bond acceptors (Lipinski definition) is 6. The number of benzene rings is 1. The minimum absolute atomic E-state index is 0.00215. The molecule has 0 saturated heterocycles. The van der Waals surface area contributed by atoms with E-state index in [1.807, 2.05) is 0 Å². The van der Waals surface area contributed by atoms with Gasteiger partial charge in [0.1, 0.15) is 5.82 Å². The van der Waals surface area contributed by atoms with E-state index in [2.05, 4.69) is 24.9 Å². The Morgan fingerprint density at radius 2 is 1.92 bits per heavy atom. The van der Waals surface area contributed by atoms with Crippen LogP contribution in [0.15, 0.2) is 34.2 Å². The van der Waals surface area contributed by atoms with E-state index in [0.717, 1.165) is 17.6 Å². The Kier molecular flexibility index (Phi) is 4.03. The van der Waals surface area contributed by atoms with Gasteiger partial charge in [0.2, 0.25) is 5.88 Å². The number of aromatic amines is 2. The number of pyridine rings is 1. The molecule has 0 fully saturated rings. The number of methoxy groups -OCH3 is 1. The summed E-state index contributed by atoms with van der Waals surface area (Å²) >= 11 is 1.29. The van der Waals surface area contributed by atoms with Gasteiger partial charge in [-0.25, -0.2) is 18.7 Å². The highest BCUT2D eigenvalue weighted by atomic mass is 32.2. The van der Waals surface area contributed by atoms with Gasteiger partial charge < -0.3 is 14.7 Å². The number of rotatable bonds is 4. The second-order valence-corrected chi connectivity index (χ2v) is 6.32. The van der Waals surface area contributed by atoms with E-state index in [0.29, 0.717) is 22.5 Å². The highest BCUT2D eigenvalue weighted by Crippen LogP contribution is 2.23. The first-order valence-corrected chi connectivity index (χ1v) is 8.43. The molecule has 3 heterocycles. The monoisotopic (exact) mass is 375 g/mol. The minimum atomic E-state index is -1.09. The number of imidazole rings is 1. The highest BCUT2D eigenvalue weighted by Gasteiger charge is 2.11. The SMILES string of the molecule is COc1ccc2[nH]c(SCc3nc4cc(F)c(F)cc4c(=O)[nH]3)nc2n1. The molecular formula is C16H11F2N5O2S. The Hall–Kier alpha value is -3.01. The standard InChI is InChI=1S/C16H11F2N5O2S/c1-25-13-3-2-10-14(22-13)23-16(20-10)26-6-12-19-11-5-9(18)8(17)4-7(11)15(24)21-12/h2-5H,6H2,1H3,(H,19,21,24)(H,20,22,23). The second-order valence-electron chi connectivity index (χ2n) is 5.35. The molecule has 0 unspecified atom stereocenters. The van der Waals surface area contributed by atoms with Crippen molar-refractivity contribution in [3.8, 4) is 5.88 Å². The van der Waals surface area contributed by atoms with Gasteiger partial charge in [0.25, 0.3) is 5.56 Å². The van der Waals surface area contributed by atoms with Crippen molar-refractivity contribution in [2.24, 2.45) is 0 Å². The molecule has 0 amide bonds. The molecule has 1 aromatic carbocycles. The number of nitrogens with zero attached hydrogens (tertiary/aromatic N) is 3. The lowest BCUT2D eigenvalue weighted by Crippen LogP contribution is -2.12. The molecule has 3 aromatic heterocycles. The van der Waals surface area contributed by atoms with Crippen LogP contribution in [0.2, 0.25) is 0 Å². The van der Waals surface area contributed by atoms with Crippen LogP contribution < -0.4 is 10.3 Å². The maximum Gasteiger partial charge on any atom is 0.258 e. The largest absolute Gasteiger partial charge is 0.481 e. The van der Waals surface area contributed by atoms with E-state index in [4.69, 9.17) is 4.74 Å². The van der Waals surface area contributed by atoms with Crippen LogP contribution in [0.5, 0.6) is 5.88 Å². The van der Waals surface area contributed by atoms with Crippen LogP contribution in [0.1, 0.15) is 5.82 Å². The van der Waals surface area contributed by atoms with Crippen molar-refractivity contribution in [3.05, 3.63) is 52.1 Å². The fraction of sp³-hybridized carbons (Fsp3) is 0.125. The smallest absolute Gasteiger partial charge is 0.258 e. The molecule has 0 aliphatic carbocycles. The van der Waals surface area contributed by atoms with Gasteiger partial charge in [0, 0.05) is 12.1 Å². The fourth-order valence-electron chi connectivity index (χ4n) is 2.42. The molecule has 4 aromatic rings. The van der Waals surface area contributed by atoms with Gasteiger partial charge in [-0.2, -0.15) is 4.98 Å². The Balaban J connectivity index is 1.61. The average molecular weight is 375 g/mol. The summed E-state index contributed by atoms with van der Waals surface area (Å²) in [7, 11) is 1.52. The summed E-state index contributed by atoms with van der Waals surface area (Å²) in [5.74, 6) is -1.08. The number of hydrogen-bond donors (Lipinski definition) is 2. The van der Waals surface area contributed by atoms with Gasteiger partial charge in [0.15, 0.2) is 22.4 Å². The van der Waals surface area contributed by atoms with E-state index >= 15 is 0 Å². The number of thioether (sulfide) groups is 1. The lowest BCUT2D eigenvalue weighted by atomic mass is 10.2. The quantitative estimate of drug-likeness (QED) is 0.533. The van der Waals surface area contributed by atoms with E-state index in [1.54, 1.807) is 12.1 Å². The van der Waals surface area contributed by atoms with E-state index in [-0.39, 0.29) is 16.7 Å². The number of fused-ring (bicyclic) bond motifs is 2. The average Bonchev–Trinajstić information content (AvgIpc) is 3.03. The van der Waals surface area contributed by atoms with Crippen molar-refractivity contribution >= 4 is 33.8 Å². The Morgan fingerprint density at radius 1 is 1.12 bits per heavy atom. The van der Waals surface area contributed by atoms with Crippen LogP contribution in [0, 0.1) is 11.6 Å². The van der Waals surface area contributed by atoms with Gasteiger partial charge in [-0.05, 0) is 12.1 Å². The van der Waals surface area contributed by atoms with Crippen LogP contribution >= 0.6 is 11.8 Å². The van der Waals surface area contributed by atoms with Crippen molar-refractivity contribution in [1.82, 2.24) is 24.9 Å². The summed E-state index contributed by atoms with van der Waals surface area (Å²) in [5, 5.41) is 0.575. The summed E-state index contributed by atoms with van der Waals surface area (Å²) in [6.45, 7) is 0. The summed E-state index contributed by atoms with van der Waals surface area (Å²) < 4.78 is 31.7. The molecule has 26 heavy (non-hydrogen) atoms. The van der Waals surface area contributed by atoms with Gasteiger partial charge in [0.05, 0.1) is 29.3 Å². The normalized spacial score (nSPS) is 11.3. The van der Waals surface area contributed by atoms with Gasteiger partial charge in [-0.1, -0.05) is 11.8 Å². The van der Waals surface area contributed by atoms with Crippen LogP contribution in [-0.2, 0) is 5.75 Å². The van der Waals surface area contributed by atoms with Crippen LogP contribution in [-0.4, -0.2) is 32.0 Å². The predicted octanol–water partition coefficient (Wildman–Crippen LogP) is 2.77. The highest BCUT2D eigenvalue weighted by molar-refractivity contribution is 7.98. The number of halogens is 2. The van der Waals surface area contributed by atoms with Gasteiger partial charge in [-0.3, -0.25) is 4.79 Å². The molecule has 0 aliphatic heterocycles. The van der Waals surface area contributed by atoms with Crippen LogP contribution in [0.3, 0.4) is 0 Å². The zero-order valence-corrected chi connectivity index (χ0v) is 14.2. The van der Waals surface area contributed by atoms with E-state index < -0.39 is 17.2 Å². The maximum atomic E-state index is 13.4. The Morgan fingerprint density at radius 3 is 2.73 bits per heavy atom. The molecule has 4 rings (SSSR count). The number of nitrogens with one attached hydrogen (secondary N) is 2. The molecule has 0 atom stereocenters. The zero-order chi connectivity index (χ0) is 18.3. The maximum absolute atomic E-state index is 13.4. The molecule has 0 bridgehead atoms. The third kappa shape index (κ3) is 2.99. The predicted molar refractivity (Wildman–Crippen MR) is 92.3 cm³/mol. The first-order valence-electron chi connectivity index (χ1n) is 7.45. The molecule has 0 spiro atoms. The van der Waals surface area contributed by atoms with Gasteiger partial charge in [-0.15, -0.1) is 0 Å². The third-order valence-electron chi connectivity index (χ3n) is 3.65. The van der Waals surface area contributed by atoms with Crippen molar-refractivity contribution in [2.75, 3.05) is 7.11 Å². The molecule has 0 radical (unpaired) electrons. The first-order chi connectivity index (χ1) is 12.5. The number of ether oxygens (including phenoxy) is 1. The molecule has 10 heteroatoms. The zero-order valence-electron chi connectivity index (χ0n) is 13.3. The summed E-state index contributed by atoms with van der Waals surface area (Å²) in [4.78, 5) is 30.4. The van der Waals surface area contributed by atoms with Crippen molar-refractivity contribution in [3.63, 3.8) is 0 Å². The van der Waals surface area contributed by atoms with Crippen molar-refractivity contribution < 1.29 is 13.5 Å². The molecular weight excluding hydrogens is 364 g/mol. The van der Waals surface area contributed by atoms with Crippen LogP contribution in [0.4, 0.5) is 8.78 Å². The second kappa shape index (κ2) is 6.37. The van der Waals surface area contributed by atoms with Crippen LogP contribution in [0.25, 0.3) is 22.1 Å². The number of H-pyrrole nitrogens is 2. The third-order valence-corrected chi connectivity index (χ3v) is 4.53. The molecule has 2 N–H and O–H groups in total. The van der Waals surface area contributed by atoms with Gasteiger partial charge >= 0.3 is 0 Å². The first kappa shape index (κ1) is 16.5. The molecule has 7 nitrogen and oxygen atoms in total. The fourth-order valence-corrected chi connectivity index (χ4v) is 3.17. The Labute approximate surface area is 148 Å². The lowest BCUT2D eigenvalue weighted by Gasteiger charge is -2.02. The summed E-state index contributed by atoms with van der Waals surface area (Å²) in [6, 6.07) is 5.26. The minimum Gasteiger partial charge on any atom is -0.481 e. The van der Waals surface area contributed by atoms with Crippen molar-refractivity contribution in [1.29, 1.82) is 0 Å². The number of aromatic nitrogens is 5. The topological polar surface area (TPSA) is 96.5 Å². The Bertz CT molecular complexity index is 1190. The molecule has 0 aliphatic rings. The summed E-state index contributed by atoms with van der Waals surface area (Å²) in [6.07, 6.45) is 0. The van der Waals surface area contributed by atoms with E-state index in [1.165, 1.54) is 18.9 Å². The lowest BCUT2D eigenvalue weighted by molar-refractivity contribution is 0.399. The molecule has 132 valence electrons.